The van der Waals surface area contributed by atoms with Crippen molar-refractivity contribution in [1.82, 2.24) is 9.55 Å². The summed E-state index contributed by atoms with van der Waals surface area (Å²) in [6.45, 7) is 1.99. The SMILES string of the molecule is CCc1nccn1-c1cccc(Cl)c1C(N)=O. The Labute approximate surface area is 104 Å². The summed E-state index contributed by atoms with van der Waals surface area (Å²) in [6, 6.07) is 5.23. The fraction of sp³-hybridized carbons (Fsp3) is 0.167. The van der Waals surface area contributed by atoms with E-state index < -0.39 is 5.91 Å². The van der Waals surface area contributed by atoms with Crippen molar-refractivity contribution in [3.8, 4) is 5.69 Å². The lowest BCUT2D eigenvalue weighted by atomic mass is 10.1. The molecule has 1 amide bonds. The third-order valence-electron chi connectivity index (χ3n) is 2.53. The highest BCUT2D eigenvalue weighted by Crippen LogP contribution is 2.23. The van der Waals surface area contributed by atoms with E-state index in [1.807, 2.05) is 11.5 Å². The number of carbonyl (C=O) groups is 1. The van der Waals surface area contributed by atoms with Crippen molar-refractivity contribution in [3.05, 3.63) is 47.0 Å². The summed E-state index contributed by atoms with van der Waals surface area (Å²) in [4.78, 5) is 15.7. The first-order chi connectivity index (χ1) is 8.15. The number of halogens is 1. The normalized spacial score (nSPS) is 10.5. The maximum atomic E-state index is 11.4. The molecule has 0 aliphatic rings. The van der Waals surface area contributed by atoms with Crippen LogP contribution >= 0.6 is 11.6 Å². The molecule has 0 radical (unpaired) electrons. The Hall–Kier alpha value is -1.81. The van der Waals surface area contributed by atoms with Crippen LogP contribution in [0.1, 0.15) is 23.1 Å². The smallest absolute Gasteiger partial charge is 0.252 e. The van der Waals surface area contributed by atoms with Gasteiger partial charge < -0.3 is 10.3 Å². The number of rotatable bonds is 3. The maximum Gasteiger partial charge on any atom is 0.252 e. The molecular weight excluding hydrogens is 238 g/mol. The molecule has 0 saturated carbocycles. The van der Waals surface area contributed by atoms with Crippen molar-refractivity contribution in [2.75, 3.05) is 0 Å². The van der Waals surface area contributed by atoms with E-state index in [2.05, 4.69) is 4.98 Å². The number of aromatic nitrogens is 2. The van der Waals surface area contributed by atoms with Crippen LogP contribution in [0.25, 0.3) is 5.69 Å². The van der Waals surface area contributed by atoms with E-state index in [1.54, 1.807) is 30.6 Å². The van der Waals surface area contributed by atoms with Crippen molar-refractivity contribution in [2.24, 2.45) is 5.73 Å². The average molecular weight is 250 g/mol. The molecule has 17 heavy (non-hydrogen) atoms. The number of benzene rings is 1. The molecule has 5 heteroatoms. The molecule has 0 atom stereocenters. The molecule has 2 N–H and O–H groups in total. The molecule has 0 aliphatic carbocycles. The topological polar surface area (TPSA) is 60.9 Å². The largest absolute Gasteiger partial charge is 0.365 e. The molecule has 1 heterocycles. The Balaban J connectivity index is 2.67. The summed E-state index contributed by atoms with van der Waals surface area (Å²) in [6.07, 6.45) is 4.24. The third-order valence-corrected chi connectivity index (χ3v) is 2.85. The van der Waals surface area contributed by atoms with Crippen LogP contribution in [0.2, 0.25) is 5.02 Å². The number of nitrogens with two attached hydrogens (primary N) is 1. The fourth-order valence-corrected chi connectivity index (χ4v) is 2.04. The van der Waals surface area contributed by atoms with Crippen LogP contribution < -0.4 is 5.73 Å². The van der Waals surface area contributed by atoms with Crippen LogP contribution in [-0.4, -0.2) is 15.5 Å². The van der Waals surface area contributed by atoms with Gasteiger partial charge in [0.15, 0.2) is 0 Å². The van der Waals surface area contributed by atoms with Gasteiger partial charge in [-0.1, -0.05) is 24.6 Å². The van der Waals surface area contributed by atoms with E-state index in [1.165, 1.54) is 0 Å². The second-order valence-corrected chi connectivity index (χ2v) is 3.97. The van der Waals surface area contributed by atoms with Crippen LogP contribution in [0.5, 0.6) is 0 Å². The molecule has 0 saturated heterocycles. The fourth-order valence-electron chi connectivity index (χ4n) is 1.77. The summed E-state index contributed by atoms with van der Waals surface area (Å²) in [7, 11) is 0. The van der Waals surface area contributed by atoms with Gasteiger partial charge in [0.2, 0.25) is 0 Å². The number of aryl methyl sites for hydroxylation is 1. The molecule has 2 aromatic rings. The standard InChI is InChI=1S/C12H12ClN3O/c1-2-10-15-6-7-16(10)9-5-3-4-8(13)11(9)12(14)17/h3-7H,2H2,1H3,(H2,14,17). The lowest BCUT2D eigenvalue weighted by molar-refractivity contribution is 0.100. The van der Waals surface area contributed by atoms with E-state index >= 15 is 0 Å². The summed E-state index contributed by atoms with van der Waals surface area (Å²) in [5.41, 5.74) is 6.34. The first-order valence-corrected chi connectivity index (χ1v) is 5.63. The Morgan fingerprint density at radius 3 is 2.94 bits per heavy atom. The molecule has 88 valence electrons. The van der Waals surface area contributed by atoms with Gasteiger partial charge in [0.05, 0.1) is 16.3 Å². The van der Waals surface area contributed by atoms with Gasteiger partial charge in [0, 0.05) is 18.8 Å². The number of hydrogen-bond acceptors (Lipinski definition) is 2. The average Bonchev–Trinajstić information content (AvgIpc) is 2.75. The van der Waals surface area contributed by atoms with Gasteiger partial charge in [-0.25, -0.2) is 4.98 Å². The number of hydrogen-bond donors (Lipinski definition) is 1. The van der Waals surface area contributed by atoms with E-state index in [4.69, 9.17) is 17.3 Å². The lowest BCUT2D eigenvalue weighted by Gasteiger charge is -2.11. The number of imidazole rings is 1. The van der Waals surface area contributed by atoms with Gasteiger partial charge in [-0.3, -0.25) is 4.79 Å². The minimum atomic E-state index is -0.540. The number of nitrogens with zero attached hydrogens (tertiary/aromatic N) is 2. The second-order valence-electron chi connectivity index (χ2n) is 3.57. The Bertz CT molecular complexity index is 563. The first-order valence-electron chi connectivity index (χ1n) is 5.26. The van der Waals surface area contributed by atoms with Crippen LogP contribution in [-0.2, 0) is 6.42 Å². The lowest BCUT2D eigenvalue weighted by Crippen LogP contribution is -2.16. The van der Waals surface area contributed by atoms with Crippen molar-refractivity contribution < 1.29 is 4.79 Å². The minimum absolute atomic E-state index is 0.321. The van der Waals surface area contributed by atoms with E-state index in [-0.39, 0.29) is 0 Å². The highest BCUT2D eigenvalue weighted by molar-refractivity contribution is 6.34. The van der Waals surface area contributed by atoms with Gasteiger partial charge in [-0.05, 0) is 12.1 Å². The van der Waals surface area contributed by atoms with E-state index in [0.717, 1.165) is 12.2 Å². The number of amides is 1. The summed E-state index contributed by atoms with van der Waals surface area (Å²) >= 11 is 6.00. The monoisotopic (exact) mass is 249 g/mol. The molecule has 0 unspecified atom stereocenters. The van der Waals surface area contributed by atoms with Gasteiger partial charge >= 0.3 is 0 Å². The van der Waals surface area contributed by atoms with Crippen LogP contribution in [0, 0.1) is 0 Å². The molecule has 4 nitrogen and oxygen atoms in total. The molecule has 1 aromatic heterocycles. The highest BCUT2D eigenvalue weighted by atomic mass is 35.5. The van der Waals surface area contributed by atoms with E-state index in [0.29, 0.717) is 16.3 Å². The molecular formula is C12H12ClN3O. The zero-order valence-corrected chi connectivity index (χ0v) is 10.1. The van der Waals surface area contributed by atoms with Crippen molar-refractivity contribution in [2.45, 2.75) is 13.3 Å². The molecule has 0 aliphatic heterocycles. The quantitative estimate of drug-likeness (QED) is 0.906. The van der Waals surface area contributed by atoms with Crippen molar-refractivity contribution in [3.63, 3.8) is 0 Å². The second kappa shape index (κ2) is 4.59. The van der Waals surface area contributed by atoms with Gasteiger partial charge in [0.25, 0.3) is 5.91 Å². The Morgan fingerprint density at radius 1 is 1.53 bits per heavy atom. The van der Waals surface area contributed by atoms with Crippen molar-refractivity contribution >= 4 is 17.5 Å². The Kier molecular flexibility index (Phi) is 3.15. The van der Waals surface area contributed by atoms with Crippen LogP contribution in [0.3, 0.4) is 0 Å². The number of carbonyl (C=O) groups excluding carboxylic acids is 1. The number of primary amides is 1. The minimum Gasteiger partial charge on any atom is -0.365 e. The predicted octanol–water partition coefficient (Wildman–Crippen LogP) is 2.19. The predicted molar refractivity (Wildman–Crippen MR) is 66.5 cm³/mol. The molecule has 0 fully saturated rings. The molecule has 0 bridgehead atoms. The van der Waals surface area contributed by atoms with E-state index in [9.17, 15) is 4.79 Å². The maximum absolute atomic E-state index is 11.4. The van der Waals surface area contributed by atoms with Gasteiger partial charge in [0.1, 0.15) is 5.82 Å². The highest BCUT2D eigenvalue weighted by Gasteiger charge is 2.15. The summed E-state index contributed by atoms with van der Waals surface area (Å²) in [5, 5.41) is 0.353. The first kappa shape index (κ1) is 11.7. The zero-order valence-electron chi connectivity index (χ0n) is 9.35. The van der Waals surface area contributed by atoms with Gasteiger partial charge in [-0.2, -0.15) is 0 Å². The van der Waals surface area contributed by atoms with Gasteiger partial charge in [-0.15, -0.1) is 0 Å². The van der Waals surface area contributed by atoms with Crippen molar-refractivity contribution in [1.29, 1.82) is 0 Å². The van der Waals surface area contributed by atoms with Crippen LogP contribution in [0.4, 0.5) is 0 Å². The zero-order chi connectivity index (χ0) is 12.4. The summed E-state index contributed by atoms with van der Waals surface area (Å²) in [5.74, 6) is 0.316. The Morgan fingerprint density at radius 2 is 2.29 bits per heavy atom. The van der Waals surface area contributed by atoms with Crippen LogP contribution in [0.15, 0.2) is 30.6 Å². The molecule has 1 aromatic carbocycles. The molecule has 2 rings (SSSR count). The molecule has 0 spiro atoms. The third kappa shape index (κ3) is 2.03. The summed E-state index contributed by atoms with van der Waals surface area (Å²) < 4.78 is 1.83.